The Morgan fingerprint density at radius 1 is 1.22 bits per heavy atom. The van der Waals surface area contributed by atoms with Crippen LogP contribution in [0.1, 0.15) is 42.2 Å². The number of nitrogens with one attached hydrogen (secondary N) is 1. The summed E-state index contributed by atoms with van der Waals surface area (Å²) in [6.07, 6.45) is 4.53. The maximum absolute atomic E-state index is 12.3. The lowest BCUT2D eigenvalue weighted by Gasteiger charge is -2.13. The van der Waals surface area contributed by atoms with Crippen molar-refractivity contribution in [2.45, 2.75) is 38.6 Å². The highest BCUT2D eigenvalue weighted by Crippen LogP contribution is 2.28. The Morgan fingerprint density at radius 3 is 2.67 bits per heavy atom. The number of aromatic nitrogens is 1. The highest BCUT2D eigenvalue weighted by molar-refractivity contribution is 6.06. The number of carbonyl (C=O) groups is 2. The summed E-state index contributed by atoms with van der Waals surface area (Å²) in [6.45, 7) is 2.50. The number of amides is 2. The van der Waals surface area contributed by atoms with Crippen LogP contribution < -0.4 is 15.8 Å². The Morgan fingerprint density at radius 2 is 1.96 bits per heavy atom. The highest BCUT2D eigenvalue weighted by atomic mass is 16.5. The SMILES string of the molecule is CCCCCOc1ccnc(C(=O)NC(=O)[C@H](N)Cc2ccccc2)c1O. The molecule has 2 rings (SSSR count). The number of ether oxygens (including phenoxy) is 1. The summed E-state index contributed by atoms with van der Waals surface area (Å²) in [7, 11) is 0. The predicted molar refractivity (Wildman–Crippen MR) is 102 cm³/mol. The molecule has 0 radical (unpaired) electrons. The fourth-order valence-electron chi connectivity index (χ4n) is 2.48. The van der Waals surface area contributed by atoms with Gasteiger partial charge in [-0.15, -0.1) is 0 Å². The summed E-state index contributed by atoms with van der Waals surface area (Å²) in [5, 5.41) is 12.4. The molecule has 7 heteroatoms. The molecule has 7 nitrogen and oxygen atoms in total. The van der Waals surface area contributed by atoms with Crippen molar-refractivity contribution in [1.29, 1.82) is 0 Å². The topological polar surface area (TPSA) is 115 Å². The van der Waals surface area contributed by atoms with E-state index in [1.165, 1.54) is 12.3 Å². The molecule has 0 saturated carbocycles. The number of unbranched alkanes of at least 4 members (excludes halogenated alkanes) is 2. The quantitative estimate of drug-likeness (QED) is 0.582. The maximum atomic E-state index is 12.3. The zero-order valence-corrected chi connectivity index (χ0v) is 15.4. The van der Waals surface area contributed by atoms with Gasteiger partial charge in [0.2, 0.25) is 5.91 Å². The van der Waals surface area contributed by atoms with E-state index >= 15 is 0 Å². The van der Waals surface area contributed by atoms with E-state index < -0.39 is 23.6 Å². The molecule has 0 bridgehead atoms. The molecule has 0 saturated heterocycles. The fraction of sp³-hybridized carbons (Fsp3) is 0.350. The van der Waals surface area contributed by atoms with Crippen molar-refractivity contribution >= 4 is 11.8 Å². The number of nitrogens with two attached hydrogens (primary N) is 1. The molecule has 0 aliphatic carbocycles. The number of carbonyl (C=O) groups excluding carboxylic acids is 2. The van der Waals surface area contributed by atoms with E-state index in [4.69, 9.17) is 10.5 Å². The normalized spacial score (nSPS) is 11.6. The number of benzene rings is 1. The Hall–Kier alpha value is -2.93. The van der Waals surface area contributed by atoms with Gasteiger partial charge in [0.25, 0.3) is 5.91 Å². The smallest absolute Gasteiger partial charge is 0.280 e. The molecule has 4 N–H and O–H groups in total. The van der Waals surface area contributed by atoms with Gasteiger partial charge >= 0.3 is 0 Å². The van der Waals surface area contributed by atoms with Crippen LogP contribution in [0.15, 0.2) is 42.6 Å². The Balaban J connectivity index is 1.97. The average molecular weight is 371 g/mol. The predicted octanol–water partition coefficient (Wildman–Crippen LogP) is 2.18. The minimum absolute atomic E-state index is 0.160. The third-order valence-electron chi connectivity index (χ3n) is 3.98. The van der Waals surface area contributed by atoms with Crippen LogP contribution in [0.2, 0.25) is 0 Å². The molecule has 1 heterocycles. The molecular formula is C20H25N3O4. The molecule has 1 aromatic heterocycles. The van der Waals surface area contributed by atoms with Gasteiger partial charge < -0.3 is 15.6 Å². The van der Waals surface area contributed by atoms with Gasteiger partial charge in [0.05, 0.1) is 12.6 Å². The van der Waals surface area contributed by atoms with Crippen molar-refractivity contribution in [2.24, 2.45) is 5.73 Å². The van der Waals surface area contributed by atoms with E-state index in [1.807, 2.05) is 30.3 Å². The number of pyridine rings is 1. The molecule has 0 unspecified atom stereocenters. The van der Waals surface area contributed by atoms with Crippen molar-refractivity contribution in [1.82, 2.24) is 10.3 Å². The van der Waals surface area contributed by atoms with Gasteiger partial charge in [-0.1, -0.05) is 50.1 Å². The van der Waals surface area contributed by atoms with E-state index in [0.29, 0.717) is 13.0 Å². The monoisotopic (exact) mass is 371 g/mol. The third kappa shape index (κ3) is 6.07. The van der Waals surface area contributed by atoms with Gasteiger partial charge in [-0.3, -0.25) is 14.9 Å². The standard InChI is InChI=1S/C20H25N3O4/c1-2-3-7-12-27-16-10-11-22-17(18(16)24)20(26)23-19(25)15(21)13-14-8-5-4-6-9-14/h4-6,8-11,15,24H,2-3,7,12-13,21H2,1H3,(H,23,25,26)/t15-/m1/s1. The van der Waals surface area contributed by atoms with Crippen LogP contribution in [0.4, 0.5) is 0 Å². The molecule has 2 amide bonds. The summed E-state index contributed by atoms with van der Waals surface area (Å²) in [5.74, 6) is -1.69. The summed E-state index contributed by atoms with van der Waals surface area (Å²) in [5.41, 5.74) is 6.48. The molecule has 27 heavy (non-hydrogen) atoms. The molecule has 2 aromatic rings. The Labute approximate surface area is 158 Å². The van der Waals surface area contributed by atoms with Gasteiger partial charge in [-0.05, 0) is 18.4 Å². The van der Waals surface area contributed by atoms with Crippen molar-refractivity contribution in [3.63, 3.8) is 0 Å². The molecule has 144 valence electrons. The summed E-state index contributed by atoms with van der Waals surface area (Å²) in [6, 6.07) is 9.83. The van der Waals surface area contributed by atoms with E-state index in [9.17, 15) is 14.7 Å². The number of imide groups is 1. The number of nitrogens with zero attached hydrogens (tertiary/aromatic N) is 1. The first-order chi connectivity index (χ1) is 13.0. The lowest BCUT2D eigenvalue weighted by molar-refractivity contribution is -0.121. The van der Waals surface area contributed by atoms with Crippen molar-refractivity contribution in [3.05, 3.63) is 53.9 Å². The number of hydrogen-bond acceptors (Lipinski definition) is 6. The van der Waals surface area contributed by atoms with Gasteiger partial charge in [0, 0.05) is 12.3 Å². The highest BCUT2D eigenvalue weighted by Gasteiger charge is 2.22. The van der Waals surface area contributed by atoms with Crippen molar-refractivity contribution < 1.29 is 19.4 Å². The maximum Gasteiger partial charge on any atom is 0.280 e. The molecule has 1 aromatic carbocycles. The van der Waals surface area contributed by atoms with Crippen LogP contribution in [-0.2, 0) is 11.2 Å². The van der Waals surface area contributed by atoms with Gasteiger partial charge in [-0.25, -0.2) is 4.98 Å². The molecule has 0 aliphatic rings. The summed E-state index contributed by atoms with van der Waals surface area (Å²) in [4.78, 5) is 28.3. The largest absolute Gasteiger partial charge is 0.503 e. The van der Waals surface area contributed by atoms with Crippen LogP contribution in [0, 0.1) is 0 Å². The zero-order valence-electron chi connectivity index (χ0n) is 15.4. The molecule has 0 spiro atoms. The van der Waals surface area contributed by atoms with Gasteiger partial charge in [0.15, 0.2) is 17.2 Å². The van der Waals surface area contributed by atoms with E-state index in [0.717, 1.165) is 24.8 Å². The van der Waals surface area contributed by atoms with E-state index in [1.54, 1.807) is 0 Å². The second-order valence-electron chi connectivity index (χ2n) is 6.18. The average Bonchev–Trinajstić information content (AvgIpc) is 2.67. The molecule has 0 aliphatic heterocycles. The van der Waals surface area contributed by atoms with Crippen LogP contribution in [0.3, 0.4) is 0 Å². The number of aromatic hydroxyl groups is 1. The number of rotatable bonds is 9. The zero-order chi connectivity index (χ0) is 19.6. The van der Waals surface area contributed by atoms with Crippen LogP contribution in [0.25, 0.3) is 0 Å². The molecular weight excluding hydrogens is 346 g/mol. The van der Waals surface area contributed by atoms with Crippen molar-refractivity contribution in [3.8, 4) is 11.5 Å². The molecule has 1 atom stereocenters. The Bertz CT molecular complexity index is 765. The third-order valence-corrected chi connectivity index (χ3v) is 3.98. The van der Waals surface area contributed by atoms with E-state index in [-0.39, 0.29) is 11.4 Å². The molecule has 0 fully saturated rings. The summed E-state index contributed by atoms with van der Waals surface area (Å²) >= 11 is 0. The minimum atomic E-state index is -0.896. The first kappa shape index (κ1) is 20.4. The minimum Gasteiger partial charge on any atom is -0.503 e. The first-order valence-corrected chi connectivity index (χ1v) is 8.98. The van der Waals surface area contributed by atoms with Crippen LogP contribution in [0.5, 0.6) is 11.5 Å². The lowest BCUT2D eigenvalue weighted by Crippen LogP contribution is -2.44. The van der Waals surface area contributed by atoms with Crippen LogP contribution in [-0.4, -0.2) is 34.6 Å². The van der Waals surface area contributed by atoms with E-state index in [2.05, 4.69) is 17.2 Å². The number of hydrogen-bond donors (Lipinski definition) is 3. The second kappa shape index (κ2) is 10.3. The lowest BCUT2D eigenvalue weighted by atomic mass is 10.1. The first-order valence-electron chi connectivity index (χ1n) is 8.98. The fourth-order valence-corrected chi connectivity index (χ4v) is 2.48. The summed E-state index contributed by atoms with van der Waals surface area (Å²) < 4.78 is 5.48. The van der Waals surface area contributed by atoms with Crippen molar-refractivity contribution in [2.75, 3.05) is 6.61 Å². The second-order valence-corrected chi connectivity index (χ2v) is 6.18. The van der Waals surface area contributed by atoms with Crippen LogP contribution >= 0.6 is 0 Å². The van der Waals surface area contributed by atoms with Gasteiger partial charge in [-0.2, -0.15) is 0 Å². The Kier molecular flexibility index (Phi) is 7.76. The van der Waals surface area contributed by atoms with Gasteiger partial charge in [0.1, 0.15) is 0 Å².